The second-order valence-electron chi connectivity index (χ2n) is 13.1. The standard InChI is InChI=1S/C28H36ClN5O3S.C15H24N2O/c1-17(2)37-25-15-21(20-10-12-30-13-11-20)19(5)14-24(25)33-28-31-16-22(29)27(34-28)32-23-8-6-7-9-26(23)38(35,36)18(3)4;1-10(2)18-15-9-13(11(3)8-14(15)16)12-4-6-17-7-5-12/h6-9,14-18,20,30H,10-13H2,1-5H3,(H2,31,32,33,34);8-10,12,17H,4-7,16H2,1-3H3/i10D2,11D2,12D2,13D2,17D,20D;4D2,5D2,6D2,7D2,10D,12D. The molecule has 1 aromatic heterocycles. The Morgan fingerprint density at radius 1 is 0.839 bits per heavy atom. The lowest BCUT2D eigenvalue weighted by molar-refractivity contribution is 0.243. The molecule has 2 fully saturated rings. The van der Waals surface area contributed by atoms with Gasteiger partial charge in [0.05, 0.1) is 48.3 Å². The van der Waals surface area contributed by atoms with E-state index in [2.05, 4.69) is 20.6 Å². The van der Waals surface area contributed by atoms with Crippen molar-refractivity contribution in [3.63, 3.8) is 0 Å². The van der Waals surface area contributed by atoms with E-state index < -0.39 is 96.1 Å². The number of nitrogens with zero attached hydrogens (tertiary/aromatic N) is 2. The van der Waals surface area contributed by atoms with Crippen molar-refractivity contribution in [1.29, 1.82) is 0 Å². The van der Waals surface area contributed by atoms with Crippen LogP contribution in [0.3, 0.4) is 0 Å². The second-order valence-corrected chi connectivity index (χ2v) is 16.0. The lowest BCUT2D eigenvalue weighted by atomic mass is 9.87. The van der Waals surface area contributed by atoms with Gasteiger partial charge in [0.2, 0.25) is 5.95 Å². The van der Waals surface area contributed by atoms with Gasteiger partial charge in [0.25, 0.3) is 0 Å². The summed E-state index contributed by atoms with van der Waals surface area (Å²) < 4.78 is 204. The number of anilines is 5. The van der Waals surface area contributed by atoms with E-state index in [-0.39, 0.29) is 66.9 Å². The Hall–Kier alpha value is -4.10. The maximum absolute atomic E-state index is 13.0. The third-order valence-corrected chi connectivity index (χ3v) is 10.4. The minimum atomic E-state index is -3.70. The molecule has 0 bridgehead atoms. The van der Waals surface area contributed by atoms with Gasteiger partial charge < -0.3 is 36.5 Å². The van der Waals surface area contributed by atoms with Gasteiger partial charge in [-0.1, -0.05) is 23.7 Å². The molecule has 4 aromatic rings. The third-order valence-electron chi connectivity index (χ3n) is 7.91. The molecule has 3 heterocycles. The molecule has 0 atom stereocenters. The Morgan fingerprint density at radius 3 is 1.95 bits per heavy atom. The SMILES string of the molecule is [2H]C(C)(C)Oc1cc(C2([2H])C([2H])([2H])C([2H])([2H])NC([2H])([2H])C2([2H])[2H])c(C)cc1N.[2H]C(C)(C)Oc1cc(C2([2H])C([2H])([2H])C([2H])([2H])NC([2H])([2H])C2([2H])[2H])c(C)cc1Nc1ncc(Cl)c(Nc2ccccc2S(=O)(=O)C(C)C)n1. The van der Waals surface area contributed by atoms with Gasteiger partial charge in [-0.05, 0) is 177 Å². The van der Waals surface area contributed by atoms with Crippen LogP contribution < -0.4 is 36.5 Å². The largest absolute Gasteiger partial charge is 0.489 e. The van der Waals surface area contributed by atoms with Gasteiger partial charge in [0.15, 0.2) is 15.7 Å². The lowest BCUT2D eigenvalue weighted by Crippen LogP contribution is -2.27. The number of halogens is 1. The number of nitrogen functional groups attached to an aromatic ring is 1. The average molecular weight is 827 g/mol. The van der Waals surface area contributed by atoms with E-state index in [0.717, 1.165) is 12.1 Å². The number of ether oxygens (including phenoxy) is 2. The van der Waals surface area contributed by atoms with E-state index >= 15 is 0 Å². The molecule has 0 saturated carbocycles. The molecule has 2 aliphatic heterocycles. The van der Waals surface area contributed by atoms with Gasteiger partial charge in [-0.15, -0.1) is 0 Å². The Balaban J connectivity index is 0.000000323. The van der Waals surface area contributed by atoms with E-state index in [1.165, 1.54) is 65.9 Å². The van der Waals surface area contributed by atoms with E-state index in [4.69, 9.17) is 52.9 Å². The normalized spacial score (nSPS) is 29.4. The minimum Gasteiger partial charge on any atom is -0.489 e. The number of piperidine rings is 2. The first-order chi connectivity index (χ1) is 33.9. The Kier molecular flexibility index (Phi) is 8.07. The highest BCUT2D eigenvalue weighted by Crippen LogP contribution is 2.38. The molecular weight excluding hydrogens is 746 g/mol. The number of nitrogens with two attached hydrogens (primary N) is 1. The smallest absolute Gasteiger partial charge is 0.229 e. The molecule has 56 heavy (non-hydrogen) atoms. The molecule has 0 aliphatic carbocycles. The first-order valence-electron chi connectivity index (χ1n) is 27.3. The fourth-order valence-electron chi connectivity index (χ4n) is 5.25. The fourth-order valence-corrected chi connectivity index (χ4v) is 6.59. The van der Waals surface area contributed by atoms with Crippen LogP contribution >= 0.6 is 11.6 Å². The highest BCUT2D eigenvalue weighted by atomic mass is 35.5. The van der Waals surface area contributed by atoms with Gasteiger partial charge in [-0.2, -0.15) is 4.98 Å². The van der Waals surface area contributed by atoms with E-state index in [1.54, 1.807) is 42.7 Å². The monoisotopic (exact) mass is 826 g/mol. The summed E-state index contributed by atoms with van der Waals surface area (Å²) in [7, 11) is -3.70. The molecule has 0 amide bonds. The van der Waals surface area contributed by atoms with Crippen molar-refractivity contribution in [2.75, 3.05) is 42.4 Å². The van der Waals surface area contributed by atoms with Crippen molar-refractivity contribution < 1.29 is 45.3 Å². The predicted octanol–water partition coefficient (Wildman–Crippen LogP) is 9.19. The van der Waals surface area contributed by atoms with Gasteiger partial charge in [0, 0.05) is 24.7 Å². The molecule has 0 spiro atoms. The van der Waals surface area contributed by atoms with Crippen molar-refractivity contribution in [1.82, 2.24) is 20.6 Å². The zero-order valence-electron chi connectivity index (χ0n) is 52.2. The second kappa shape index (κ2) is 19.4. The zero-order valence-corrected chi connectivity index (χ0v) is 33.7. The summed E-state index contributed by atoms with van der Waals surface area (Å²) in [6, 6.07) is 11.0. The maximum atomic E-state index is 13.0. The predicted molar refractivity (Wildman–Crippen MR) is 230 cm³/mol. The average Bonchev–Trinajstić information content (AvgIpc) is 3.23. The van der Waals surface area contributed by atoms with Gasteiger partial charge in [-0.3, -0.25) is 0 Å². The quantitative estimate of drug-likeness (QED) is 0.0870. The molecular formula is C43H60ClN7O4S. The van der Waals surface area contributed by atoms with E-state index in [0.29, 0.717) is 0 Å². The van der Waals surface area contributed by atoms with Crippen LogP contribution in [0.25, 0.3) is 0 Å². The number of aromatic nitrogens is 2. The van der Waals surface area contributed by atoms with Crippen molar-refractivity contribution in [2.24, 2.45) is 0 Å². The molecule has 6 N–H and O–H groups in total. The fraction of sp³-hybridized carbons (Fsp3) is 0.488. The molecule has 13 heteroatoms. The molecule has 2 aliphatic rings. The van der Waals surface area contributed by atoms with Crippen LogP contribution in [0, 0.1) is 13.8 Å². The van der Waals surface area contributed by atoms with Crippen LogP contribution in [-0.4, -0.2) is 61.8 Å². The highest BCUT2D eigenvalue weighted by Gasteiger charge is 2.24. The number of benzene rings is 3. The molecule has 0 unspecified atom stereocenters. The Morgan fingerprint density at radius 2 is 1.38 bits per heavy atom. The van der Waals surface area contributed by atoms with Crippen LogP contribution in [0.4, 0.5) is 28.8 Å². The summed E-state index contributed by atoms with van der Waals surface area (Å²) in [6.07, 6.45) is -14.9. The topological polar surface area (TPSA) is 153 Å². The summed E-state index contributed by atoms with van der Waals surface area (Å²) in [5, 5.41) is 8.67. The zero-order chi connectivity index (χ0) is 58.6. The van der Waals surface area contributed by atoms with Crippen molar-refractivity contribution in [3.8, 4) is 11.5 Å². The number of para-hydroxylation sites is 1. The molecule has 11 nitrogen and oxygen atoms in total. The van der Waals surface area contributed by atoms with E-state index in [9.17, 15) is 9.79 Å². The van der Waals surface area contributed by atoms with E-state index in [1.807, 2.05) is 0 Å². The number of hydrogen-bond donors (Lipinski definition) is 5. The molecule has 0 radical (unpaired) electrons. The van der Waals surface area contributed by atoms with Gasteiger partial charge in [0.1, 0.15) is 16.5 Å². The van der Waals surface area contributed by atoms with Crippen LogP contribution in [0.2, 0.25) is 5.02 Å². The summed E-state index contributed by atoms with van der Waals surface area (Å²) in [4.78, 5) is 8.58. The van der Waals surface area contributed by atoms with Crippen molar-refractivity contribution >= 4 is 50.3 Å². The first-order valence-corrected chi connectivity index (χ1v) is 19.3. The minimum absolute atomic E-state index is 0.0273. The number of nitrogens with one attached hydrogen (secondary N) is 4. The summed E-state index contributed by atoms with van der Waals surface area (Å²) in [5.41, 5.74) is 5.76. The Labute approximate surface area is 366 Å². The summed E-state index contributed by atoms with van der Waals surface area (Å²) in [6.45, 7) is -0.921. The summed E-state index contributed by atoms with van der Waals surface area (Å²) >= 11 is 6.37. The van der Waals surface area contributed by atoms with Crippen molar-refractivity contribution in [3.05, 3.63) is 82.0 Å². The number of sulfone groups is 1. The number of aryl methyl sites for hydroxylation is 2. The van der Waals surface area contributed by atoms with Crippen LogP contribution in [0.15, 0.2) is 59.6 Å². The molecule has 6 rings (SSSR count). The Bertz CT molecular complexity index is 2940. The molecule has 2 saturated heterocycles. The summed E-state index contributed by atoms with van der Waals surface area (Å²) in [5.74, 6) is -6.55. The van der Waals surface area contributed by atoms with Gasteiger partial charge in [-0.25, -0.2) is 13.4 Å². The number of rotatable bonds is 12. The molecule has 304 valence electrons. The van der Waals surface area contributed by atoms with Crippen molar-refractivity contribution in [2.45, 2.75) is 115 Å². The van der Waals surface area contributed by atoms with Crippen LogP contribution in [0.1, 0.15) is 128 Å². The number of hydrogen-bond acceptors (Lipinski definition) is 11. The van der Waals surface area contributed by atoms with Crippen LogP contribution in [0.5, 0.6) is 11.5 Å². The molecule has 3 aromatic carbocycles. The van der Waals surface area contributed by atoms with Gasteiger partial charge >= 0.3 is 0 Å². The lowest BCUT2D eigenvalue weighted by Gasteiger charge is -2.26. The maximum Gasteiger partial charge on any atom is 0.229 e. The first kappa shape index (κ1) is 23.3. The highest BCUT2D eigenvalue weighted by molar-refractivity contribution is 7.92. The third kappa shape index (κ3) is 11.1. The van der Waals surface area contributed by atoms with Crippen LogP contribution in [-0.2, 0) is 9.84 Å².